The third kappa shape index (κ3) is 14.5. The molecule has 6 aromatic carbocycles. The van der Waals surface area contributed by atoms with Gasteiger partial charge in [-0.2, -0.15) is 36.3 Å². The topological polar surface area (TPSA) is 210 Å². The van der Waals surface area contributed by atoms with E-state index in [0.717, 1.165) is 30.9 Å². The maximum Gasteiger partial charge on any atom is 0.494 e. The molecule has 0 unspecified atom stereocenters. The summed E-state index contributed by atoms with van der Waals surface area (Å²) in [4.78, 5) is 47.9. The van der Waals surface area contributed by atoms with Crippen LogP contribution in [0.1, 0.15) is 62.0 Å². The molecule has 30 heteroatoms. The van der Waals surface area contributed by atoms with Crippen LogP contribution < -0.4 is 37.5 Å². The Hall–Kier alpha value is -9.42. The van der Waals surface area contributed by atoms with Crippen LogP contribution in [0.25, 0.3) is 33.2 Å². The summed E-state index contributed by atoms with van der Waals surface area (Å²) in [5.41, 5.74) is 6.25. The summed E-state index contributed by atoms with van der Waals surface area (Å²) in [7, 11) is -1.26. The fourth-order valence-corrected chi connectivity index (χ4v) is 9.60. The number of nitrogen functional groups attached to an aromatic ring is 2. The van der Waals surface area contributed by atoms with E-state index in [4.69, 9.17) is 30.2 Å². The van der Waals surface area contributed by atoms with Crippen LogP contribution in [-0.4, -0.2) is 59.4 Å². The summed E-state index contributed by atoms with van der Waals surface area (Å²) >= 11 is 3.07. The van der Waals surface area contributed by atoms with Crippen LogP contribution in [0.3, 0.4) is 0 Å². The third-order valence-electron chi connectivity index (χ3n) is 13.5. The second-order valence-electron chi connectivity index (χ2n) is 20.5. The summed E-state index contributed by atoms with van der Waals surface area (Å²) in [6, 6.07) is 15.0. The van der Waals surface area contributed by atoms with Gasteiger partial charge >= 0.3 is 19.5 Å². The molecule has 1 aliphatic heterocycles. The Morgan fingerprint density at radius 1 is 0.573 bits per heavy atom. The van der Waals surface area contributed by atoms with Gasteiger partial charge in [-0.3, -0.25) is 9.59 Å². The van der Waals surface area contributed by atoms with Crippen LogP contribution >= 0.6 is 15.9 Å². The SMILES string of the molecule is C[C@H](c1c(F)cc(F)cc1F)n1cnc(=O)c2cc(Oc3cccc(-c4ncc(N)cn4)c3C(F)(F)F)ccc21.C[C@H](c1c(F)cc(F)cc1F)n1cnc(=O)c2cc(Oc3cccc(B4OCC(C)(C)CO4)c3C(F)(F)F)ccc21.Nc1cnc(Br)nc1. The minimum atomic E-state index is -4.87. The van der Waals surface area contributed by atoms with E-state index < -0.39 is 111 Å². The van der Waals surface area contributed by atoms with E-state index in [-0.39, 0.29) is 74.5 Å². The highest BCUT2D eigenvalue weighted by Crippen LogP contribution is 2.44. The van der Waals surface area contributed by atoms with Crippen LogP contribution in [-0.2, 0) is 21.7 Å². The van der Waals surface area contributed by atoms with Crippen molar-refractivity contribution in [3.8, 4) is 34.4 Å². The molecule has 89 heavy (non-hydrogen) atoms. The lowest BCUT2D eigenvalue weighted by Gasteiger charge is -2.34. The summed E-state index contributed by atoms with van der Waals surface area (Å²) < 4.78 is 196. The number of ether oxygens (including phenoxy) is 2. The van der Waals surface area contributed by atoms with E-state index >= 15 is 0 Å². The number of halogens is 13. The number of alkyl halides is 6. The molecule has 11 rings (SSSR count). The number of nitrogens with two attached hydrogens (primary N) is 2. The highest BCUT2D eigenvalue weighted by Gasteiger charge is 2.44. The zero-order valence-electron chi connectivity index (χ0n) is 46.4. The van der Waals surface area contributed by atoms with Gasteiger partial charge in [-0.15, -0.1) is 0 Å². The lowest BCUT2D eigenvalue weighted by atomic mass is 9.73. The molecule has 10 aromatic rings. The molecule has 1 saturated heterocycles. The molecule has 460 valence electrons. The fraction of sp³-hybridized carbons (Fsp3) is 0.186. The van der Waals surface area contributed by atoms with Crippen molar-refractivity contribution in [1.82, 2.24) is 39.0 Å². The molecule has 5 heterocycles. The first-order chi connectivity index (χ1) is 42.0. The van der Waals surface area contributed by atoms with Crippen molar-refractivity contribution >= 4 is 61.7 Å². The number of nitrogens with zero attached hydrogens (tertiary/aromatic N) is 8. The van der Waals surface area contributed by atoms with Crippen LogP contribution in [0, 0.1) is 40.3 Å². The van der Waals surface area contributed by atoms with Gasteiger partial charge in [0, 0.05) is 59.6 Å². The van der Waals surface area contributed by atoms with Crippen LogP contribution in [0.15, 0.2) is 149 Å². The summed E-state index contributed by atoms with van der Waals surface area (Å²) in [5.74, 6) is -8.33. The molecule has 0 aliphatic carbocycles. The van der Waals surface area contributed by atoms with Gasteiger partial charge in [0.25, 0.3) is 11.1 Å². The normalized spacial score (nSPS) is 13.9. The number of rotatable bonds is 10. The molecule has 0 amide bonds. The molecule has 16 nitrogen and oxygen atoms in total. The van der Waals surface area contributed by atoms with Crippen molar-refractivity contribution in [1.29, 1.82) is 0 Å². The predicted octanol–water partition coefficient (Wildman–Crippen LogP) is 13.1. The largest absolute Gasteiger partial charge is 0.494 e. The average Bonchev–Trinajstić information content (AvgIpc) is 0.960. The Balaban J connectivity index is 0.000000188. The Morgan fingerprint density at radius 2 is 0.978 bits per heavy atom. The number of aromatic nitrogens is 8. The Kier molecular flexibility index (Phi) is 18.5. The lowest BCUT2D eigenvalue weighted by Crippen LogP contribution is -2.49. The van der Waals surface area contributed by atoms with Gasteiger partial charge in [0.15, 0.2) is 10.6 Å². The quantitative estimate of drug-likeness (QED) is 0.0741. The van der Waals surface area contributed by atoms with Crippen LogP contribution in [0.4, 0.5) is 64.1 Å². The molecule has 0 radical (unpaired) electrons. The number of fused-ring (bicyclic) bond motifs is 2. The first-order valence-corrected chi connectivity index (χ1v) is 26.9. The fourth-order valence-electron chi connectivity index (χ4n) is 9.40. The second kappa shape index (κ2) is 25.7. The maximum atomic E-state index is 14.5. The molecule has 1 aliphatic rings. The van der Waals surface area contributed by atoms with Crippen molar-refractivity contribution in [2.75, 3.05) is 24.7 Å². The zero-order chi connectivity index (χ0) is 64.4. The number of hydrogen-bond acceptors (Lipinski definition) is 14. The Morgan fingerprint density at radius 3 is 1.39 bits per heavy atom. The van der Waals surface area contributed by atoms with Gasteiger partial charge in [-0.05, 0) is 83.8 Å². The van der Waals surface area contributed by atoms with Crippen molar-refractivity contribution in [2.24, 2.45) is 5.41 Å². The van der Waals surface area contributed by atoms with Crippen molar-refractivity contribution in [3.05, 3.63) is 217 Å². The van der Waals surface area contributed by atoms with Gasteiger partial charge in [-0.1, -0.05) is 38.1 Å². The molecule has 1 fully saturated rings. The van der Waals surface area contributed by atoms with E-state index in [0.29, 0.717) is 34.7 Å². The highest BCUT2D eigenvalue weighted by molar-refractivity contribution is 9.10. The summed E-state index contributed by atoms with van der Waals surface area (Å²) in [5, 5.41) is -0.174. The molecule has 2 atom stereocenters. The third-order valence-corrected chi connectivity index (χ3v) is 13.9. The van der Waals surface area contributed by atoms with Gasteiger partial charge in [0.1, 0.15) is 63.5 Å². The molecular weight excluding hydrogens is 1260 g/mol. The van der Waals surface area contributed by atoms with Gasteiger partial charge in [0.05, 0.1) is 88.3 Å². The maximum absolute atomic E-state index is 14.5. The first kappa shape index (κ1) is 64.1. The van der Waals surface area contributed by atoms with E-state index in [9.17, 15) is 62.3 Å². The minimum absolute atomic E-state index is 0.0781. The zero-order valence-corrected chi connectivity index (χ0v) is 48.0. The standard InChI is InChI=1S/C28H23BF6N2O4.C27H17F6N5O2.C4H4BrN3/c1-15(24-20(31)9-16(30)10-21(24)32)37-14-36-26(38)18-11-17(7-8-22(18)37)41-23-6-4-5-19(25(23)28(33,34)35)29-39-12-27(2,3)13-40-29;1-13(23-19(29)7-14(28)8-20(23)30)38-12-37-26(39)18-9-16(5-6-21(18)38)40-22-4-2-3-17(24(22)27(31,32)33)25-35-10-15(34)11-36-25;5-4-7-1-3(6)2-8-4/h4-11,14-15H,12-13H2,1-3H3;2-13H,34H2,1H3;1-2H,6H2/t15-;13-;/m11./s1. The second-order valence-corrected chi connectivity index (χ2v) is 21.2. The summed E-state index contributed by atoms with van der Waals surface area (Å²) in [6.45, 7) is 6.94. The smallest absolute Gasteiger partial charge is 0.457 e. The number of hydrogen-bond donors (Lipinski definition) is 2. The van der Waals surface area contributed by atoms with E-state index in [1.54, 1.807) is 0 Å². The molecular formula is C59H44BBrF12N10O6. The highest BCUT2D eigenvalue weighted by atomic mass is 79.9. The predicted molar refractivity (Wildman–Crippen MR) is 306 cm³/mol. The summed E-state index contributed by atoms with van der Waals surface area (Å²) in [6.07, 6.45) is -2.15. The molecule has 4 N–H and O–H groups in total. The number of anilines is 2. The Bertz CT molecular complexity index is 4340. The first-order valence-electron chi connectivity index (χ1n) is 26.1. The molecule has 4 aromatic heterocycles. The van der Waals surface area contributed by atoms with E-state index in [1.165, 1.54) is 102 Å². The van der Waals surface area contributed by atoms with E-state index in [1.807, 2.05) is 13.8 Å². The minimum Gasteiger partial charge on any atom is -0.457 e. The van der Waals surface area contributed by atoms with Gasteiger partial charge < -0.3 is 39.4 Å². The van der Waals surface area contributed by atoms with Gasteiger partial charge in [0.2, 0.25) is 0 Å². The van der Waals surface area contributed by atoms with Crippen LogP contribution in [0.2, 0.25) is 0 Å². The average molecular weight is 1310 g/mol. The lowest BCUT2D eigenvalue weighted by molar-refractivity contribution is -0.138. The van der Waals surface area contributed by atoms with Crippen molar-refractivity contribution in [3.63, 3.8) is 0 Å². The van der Waals surface area contributed by atoms with Gasteiger partial charge in [-0.25, -0.2) is 46.3 Å². The molecule has 0 spiro atoms. The van der Waals surface area contributed by atoms with Crippen LogP contribution in [0.5, 0.6) is 23.0 Å². The molecule has 0 saturated carbocycles. The van der Waals surface area contributed by atoms with E-state index in [2.05, 4.69) is 45.8 Å². The van der Waals surface area contributed by atoms with Crippen molar-refractivity contribution in [2.45, 2.75) is 52.1 Å². The van der Waals surface area contributed by atoms with Crippen molar-refractivity contribution < 1.29 is 71.5 Å². The monoisotopic (exact) mass is 1310 g/mol. The Labute approximate surface area is 504 Å². The number of benzene rings is 6. The molecule has 0 bridgehead atoms.